The van der Waals surface area contributed by atoms with Gasteiger partial charge in [-0.05, 0) is 24.6 Å². The molecule has 102 valence electrons. The molecule has 0 fully saturated rings. The molecule has 0 bridgehead atoms. The molecular formula is C15H21N3O. The van der Waals surface area contributed by atoms with Crippen LogP contribution in [-0.4, -0.2) is 23.2 Å². The van der Waals surface area contributed by atoms with Crippen molar-refractivity contribution >= 4 is 0 Å². The van der Waals surface area contributed by atoms with Gasteiger partial charge in [-0.1, -0.05) is 19.1 Å². The van der Waals surface area contributed by atoms with Crippen LogP contribution in [0.1, 0.15) is 23.9 Å². The number of aryl methyl sites for hydroxylation is 1. The van der Waals surface area contributed by atoms with Gasteiger partial charge in [0, 0.05) is 24.4 Å². The molecule has 4 heteroatoms. The number of rotatable bonds is 6. The highest BCUT2D eigenvalue weighted by Crippen LogP contribution is 2.21. The van der Waals surface area contributed by atoms with Crippen molar-refractivity contribution in [3.05, 3.63) is 47.5 Å². The van der Waals surface area contributed by atoms with Crippen molar-refractivity contribution in [2.45, 2.75) is 26.3 Å². The lowest BCUT2D eigenvalue weighted by Crippen LogP contribution is -2.07. The Kier molecular flexibility index (Phi) is 4.58. The van der Waals surface area contributed by atoms with E-state index in [1.54, 1.807) is 7.11 Å². The molecule has 0 aliphatic rings. The van der Waals surface area contributed by atoms with Gasteiger partial charge >= 0.3 is 0 Å². The Bertz CT molecular complexity index is 534. The molecule has 19 heavy (non-hydrogen) atoms. The Morgan fingerprint density at radius 3 is 2.89 bits per heavy atom. The van der Waals surface area contributed by atoms with Gasteiger partial charge in [0.25, 0.3) is 0 Å². The fourth-order valence-electron chi connectivity index (χ4n) is 2.26. The lowest BCUT2D eigenvalue weighted by Gasteiger charge is -2.12. The summed E-state index contributed by atoms with van der Waals surface area (Å²) in [6.45, 7) is 3.56. The van der Waals surface area contributed by atoms with E-state index in [1.165, 1.54) is 11.1 Å². The van der Waals surface area contributed by atoms with E-state index in [2.05, 4.69) is 28.6 Å². The Balaban J connectivity index is 2.29. The van der Waals surface area contributed by atoms with Crippen molar-refractivity contribution in [3.8, 4) is 5.75 Å². The zero-order valence-electron chi connectivity index (χ0n) is 11.6. The van der Waals surface area contributed by atoms with Gasteiger partial charge in [-0.3, -0.25) is 0 Å². The van der Waals surface area contributed by atoms with Crippen LogP contribution in [0.2, 0.25) is 0 Å². The summed E-state index contributed by atoms with van der Waals surface area (Å²) in [6, 6.07) is 6.26. The fraction of sp³-hybridized carbons (Fsp3) is 0.400. The van der Waals surface area contributed by atoms with Crippen LogP contribution in [0, 0.1) is 0 Å². The van der Waals surface area contributed by atoms with Crippen molar-refractivity contribution in [2.24, 2.45) is 5.73 Å². The maximum atomic E-state index is 5.62. The van der Waals surface area contributed by atoms with Crippen LogP contribution in [0.4, 0.5) is 0 Å². The smallest absolute Gasteiger partial charge is 0.123 e. The first-order chi connectivity index (χ1) is 9.28. The predicted octanol–water partition coefficient (Wildman–Crippen LogP) is 2.00. The third-order valence-electron chi connectivity index (χ3n) is 3.24. The molecule has 0 unspecified atom stereocenters. The van der Waals surface area contributed by atoms with Gasteiger partial charge in [0.15, 0.2) is 0 Å². The molecule has 0 radical (unpaired) electrons. The summed E-state index contributed by atoms with van der Waals surface area (Å²) < 4.78 is 7.59. The highest BCUT2D eigenvalue weighted by atomic mass is 16.5. The average molecular weight is 259 g/mol. The molecule has 0 aliphatic carbocycles. The molecule has 0 amide bonds. The van der Waals surface area contributed by atoms with Crippen molar-refractivity contribution < 1.29 is 4.74 Å². The van der Waals surface area contributed by atoms with E-state index >= 15 is 0 Å². The molecule has 1 aromatic heterocycles. The van der Waals surface area contributed by atoms with Crippen molar-refractivity contribution in [2.75, 3.05) is 13.7 Å². The maximum Gasteiger partial charge on any atom is 0.123 e. The second-order valence-corrected chi connectivity index (χ2v) is 4.51. The minimum Gasteiger partial charge on any atom is -0.496 e. The second-order valence-electron chi connectivity index (χ2n) is 4.51. The second kappa shape index (κ2) is 6.38. The van der Waals surface area contributed by atoms with Crippen LogP contribution in [0.25, 0.3) is 0 Å². The van der Waals surface area contributed by atoms with Crippen molar-refractivity contribution in [1.82, 2.24) is 9.55 Å². The summed E-state index contributed by atoms with van der Waals surface area (Å²) in [4.78, 5) is 4.35. The molecule has 2 aromatic rings. The van der Waals surface area contributed by atoms with E-state index in [0.29, 0.717) is 6.54 Å². The number of nitrogens with two attached hydrogens (primary N) is 1. The molecule has 0 saturated heterocycles. The quantitative estimate of drug-likeness (QED) is 0.863. The molecule has 0 spiro atoms. The zero-order valence-corrected chi connectivity index (χ0v) is 11.6. The number of benzene rings is 1. The number of hydrogen-bond acceptors (Lipinski definition) is 3. The lowest BCUT2D eigenvalue weighted by molar-refractivity contribution is 0.408. The largest absolute Gasteiger partial charge is 0.496 e. The van der Waals surface area contributed by atoms with Crippen LogP contribution < -0.4 is 10.5 Å². The van der Waals surface area contributed by atoms with E-state index in [9.17, 15) is 0 Å². The van der Waals surface area contributed by atoms with Crippen LogP contribution in [0.15, 0.2) is 30.6 Å². The van der Waals surface area contributed by atoms with Crippen molar-refractivity contribution in [1.29, 1.82) is 0 Å². The van der Waals surface area contributed by atoms with Gasteiger partial charge in [-0.15, -0.1) is 0 Å². The summed E-state index contributed by atoms with van der Waals surface area (Å²) in [7, 11) is 1.70. The van der Waals surface area contributed by atoms with E-state index in [4.69, 9.17) is 10.5 Å². The average Bonchev–Trinajstić information content (AvgIpc) is 2.87. The number of hydrogen-bond donors (Lipinski definition) is 1. The Morgan fingerprint density at radius 2 is 2.21 bits per heavy atom. The zero-order chi connectivity index (χ0) is 13.7. The lowest BCUT2D eigenvalue weighted by atomic mass is 10.1. The fourth-order valence-corrected chi connectivity index (χ4v) is 2.26. The van der Waals surface area contributed by atoms with E-state index < -0.39 is 0 Å². The third kappa shape index (κ3) is 3.15. The maximum absolute atomic E-state index is 5.62. The standard InChI is InChI=1S/C15H21N3O/c1-3-15-17-8-9-18(15)11-13-10-12(6-7-16)4-5-14(13)19-2/h4-5,8-10H,3,6-7,11,16H2,1-2H3. The van der Waals surface area contributed by atoms with E-state index in [-0.39, 0.29) is 0 Å². The molecule has 1 aromatic carbocycles. The third-order valence-corrected chi connectivity index (χ3v) is 3.24. The number of methoxy groups -OCH3 is 1. The van der Waals surface area contributed by atoms with Crippen LogP contribution >= 0.6 is 0 Å². The van der Waals surface area contributed by atoms with Crippen LogP contribution in [0.3, 0.4) is 0 Å². The Hall–Kier alpha value is -1.81. The monoisotopic (exact) mass is 259 g/mol. The molecule has 1 heterocycles. The summed E-state index contributed by atoms with van der Waals surface area (Å²) in [5, 5.41) is 0. The van der Waals surface area contributed by atoms with Gasteiger partial charge in [-0.2, -0.15) is 0 Å². The molecule has 2 N–H and O–H groups in total. The summed E-state index contributed by atoms with van der Waals surface area (Å²) in [5.41, 5.74) is 8.03. The molecule has 0 atom stereocenters. The summed E-state index contributed by atoms with van der Waals surface area (Å²) >= 11 is 0. The Labute approximate surface area is 114 Å². The van der Waals surface area contributed by atoms with E-state index in [1.807, 2.05) is 18.5 Å². The molecule has 2 rings (SSSR count). The predicted molar refractivity (Wildman–Crippen MR) is 76.5 cm³/mol. The highest BCUT2D eigenvalue weighted by Gasteiger charge is 2.07. The van der Waals surface area contributed by atoms with Crippen molar-refractivity contribution in [3.63, 3.8) is 0 Å². The van der Waals surface area contributed by atoms with Crippen LogP contribution in [0.5, 0.6) is 5.75 Å². The SMILES string of the molecule is CCc1nccn1Cc1cc(CCN)ccc1OC. The van der Waals surface area contributed by atoms with Gasteiger partial charge in [0.05, 0.1) is 13.7 Å². The van der Waals surface area contributed by atoms with Gasteiger partial charge in [0.1, 0.15) is 11.6 Å². The van der Waals surface area contributed by atoms with Gasteiger partial charge in [0.2, 0.25) is 0 Å². The minimum absolute atomic E-state index is 0.664. The number of aromatic nitrogens is 2. The van der Waals surface area contributed by atoms with Crippen LogP contribution in [-0.2, 0) is 19.4 Å². The first kappa shape index (κ1) is 13.6. The molecule has 0 saturated carbocycles. The molecule has 0 aliphatic heterocycles. The topological polar surface area (TPSA) is 53.1 Å². The van der Waals surface area contributed by atoms with Gasteiger partial charge in [-0.25, -0.2) is 4.98 Å². The number of nitrogens with zero attached hydrogens (tertiary/aromatic N) is 2. The normalized spacial score (nSPS) is 10.7. The molecular weight excluding hydrogens is 238 g/mol. The van der Waals surface area contributed by atoms with E-state index in [0.717, 1.165) is 31.0 Å². The highest BCUT2D eigenvalue weighted by molar-refractivity contribution is 5.37. The van der Waals surface area contributed by atoms with Gasteiger partial charge < -0.3 is 15.0 Å². The summed E-state index contributed by atoms with van der Waals surface area (Å²) in [6.07, 6.45) is 5.67. The Morgan fingerprint density at radius 1 is 1.37 bits per heavy atom. The first-order valence-corrected chi connectivity index (χ1v) is 6.64. The minimum atomic E-state index is 0.664. The first-order valence-electron chi connectivity index (χ1n) is 6.64. The molecule has 4 nitrogen and oxygen atoms in total. The number of ether oxygens (including phenoxy) is 1. The number of imidazole rings is 1. The summed E-state index contributed by atoms with van der Waals surface area (Å²) in [5.74, 6) is 2.00.